The van der Waals surface area contributed by atoms with E-state index < -0.39 is 17.2 Å². The van der Waals surface area contributed by atoms with Crippen LogP contribution in [0.25, 0.3) is 11.2 Å². The van der Waals surface area contributed by atoms with Gasteiger partial charge in [0, 0.05) is 33.5 Å². The van der Waals surface area contributed by atoms with Crippen LogP contribution in [0.5, 0.6) is 0 Å². The van der Waals surface area contributed by atoms with Crippen molar-refractivity contribution >= 4 is 34.6 Å². The van der Waals surface area contributed by atoms with Gasteiger partial charge >= 0.3 is 11.7 Å². The number of anilines is 1. The number of carbonyl (C=O) groups is 3. The maximum atomic E-state index is 12.7. The average molecular weight is 439 g/mol. The summed E-state index contributed by atoms with van der Waals surface area (Å²) in [4.78, 5) is 66.5. The zero-order valence-electron chi connectivity index (χ0n) is 17.6. The number of esters is 1. The summed E-state index contributed by atoms with van der Waals surface area (Å²) in [6.07, 6.45) is 2.01. The van der Waals surface area contributed by atoms with Crippen LogP contribution in [0.3, 0.4) is 0 Å². The highest BCUT2D eigenvalue weighted by molar-refractivity contribution is 6.20. The highest BCUT2D eigenvalue weighted by atomic mass is 16.5. The Balaban J connectivity index is 1.42. The van der Waals surface area contributed by atoms with Crippen LogP contribution in [-0.4, -0.2) is 43.1 Å². The molecule has 2 aromatic heterocycles. The van der Waals surface area contributed by atoms with Crippen molar-refractivity contribution in [2.45, 2.75) is 25.8 Å². The Kier molecular flexibility index (Phi) is 5.47. The average Bonchev–Trinajstić information content (AvgIpc) is 3.33. The van der Waals surface area contributed by atoms with E-state index in [1.54, 1.807) is 23.7 Å². The second-order valence-corrected chi connectivity index (χ2v) is 7.49. The number of aryl methyl sites for hydroxylation is 2. The molecule has 1 aliphatic rings. The first-order chi connectivity index (χ1) is 15.3. The Hall–Kier alpha value is -4.02. The Morgan fingerprint density at radius 3 is 2.53 bits per heavy atom. The highest BCUT2D eigenvalue weighted by Gasteiger charge is 2.30. The standard InChI is InChI=1S/C21H21N5O6/c1-23-12-22-18-17(23)19(29)25(21(31)24(18)2)9-4-10-32-20(30)13-5-3-6-14(11-13)26-15(27)7-8-16(26)28/h3,5-6,11-12H,4,7-10H2,1-2H3. The van der Waals surface area contributed by atoms with Gasteiger partial charge in [-0.05, 0) is 24.6 Å². The quantitative estimate of drug-likeness (QED) is 0.308. The number of benzene rings is 1. The smallest absolute Gasteiger partial charge is 0.338 e. The normalized spacial score (nSPS) is 13.9. The molecule has 1 fully saturated rings. The Labute approximate surface area is 181 Å². The van der Waals surface area contributed by atoms with E-state index in [1.165, 1.54) is 30.1 Å². The molecule has 0 unspecified atom stereocenters. The summed E-state index contributed by atoms with van der Waals surface area (Å²) in [7, 11) is 3.21. The number of aromatic nitrogens is 4. The number of hydrogen-bond acceptors (Lipinski definition) is 7. The maximum Gasteiger partial charge on any atom is 0.338 e. The molecule has 1 aromatic carbocycles. The molecule has 11 heteroatoms. The van der Waals surface area contributed by atoms with Gasteiger partial charge in [0.25, 0.3) is 5.56 Å². The number of imidazole rings is 1. The van der Waals surface area contributed by atoms with Crippen molar-refractivity contribution in [1.82, 2.24) is 18.7 Å². The van der Waals surface area contributed by atoms with Crippen molar-refractivity contribution in [1.29, 1.82) is 0 Å². The lowest BCUT2D eigenvalue weighted by atomic mass is 10.2. The molecule has 1 aliphatic heterocycles. The van der Waals surface area contributed by atoms with Gasteiger partial charge in [0.15, 0.2) is 11.2 Å². The van der Waals surface area contributed by atoms with Crippen LogP contribution >= 0.6 is 0 Å². The summed E-state index contributed by atoms with van der Waals surface area (Å²) in [6, 6.07) is 6.10. The van der Waals surface area contributed by atoms with E-state index in [9.17, 15) is 24.0 Å². The molecule has 0 bridgehead atoms. The van der Waals surface area contributed by atoms with E-state index in [1.807, 2.05) is 0 Å². The first-order valence-electron chi connectivity index (χ1n) is 10.0. The van der Waals surface area contributed by atoms with Crippen LogP contribution in [0, 0.1) is 0 Å². The van der Waals surface area contributed by atoms with E-state index in [4.69, 9.17) is 4.74 Å². The third-order valence-corrected chi connectivity index (χ3v) is 5.35. The number of rotatable bonds is 6. The van der Waals surface area contributed by atoms with Gasteiger partial charge in [-0.2, -0.15) is 0 Å². The fraction of sp³-hybridized carbons (Fsp3) is 0.333. The molecule has 4 rings (SSSR count). The largest absolute Gasteiger partial charge is 0.462 e. The zero-order valence-corrected chi connectivity index (χ0v) is 17.6. The molecule has 0 radical (unpaired) electrons. The summed E-state index contributed by atoms with van der Waals surface area (Å²) in [5.41, 5.74) is 0.181. The van der Waals surface area contributed by atoms with E-state index in [0.717, 1.165) is 9.47 Å². The third kappa shape index (κ3) is 3.61. The molecular formula is C21H21N5O6. The van der Waals surface area contributed by atoms with Gasteiger partial charge in [-0.15, -0.1) is 0 Å². The summed E-state index contributed by atoms with van der Waals surface area (Å²) in [5.74, 6) is -1.25. The van der Waals surface area contributed by atoms with E-state index >= 15 is 0 Å². The molecule has 3 heterocycles. The number of ether oxygens (including phenoxy) is 1. The molecule has 1 saturated heterocycles. The lowest BCUT2D eigenvalue weighted by Crippen LogP contribution is -2.39. The second-order valence-electron chi connectivity index (χ2n) is 7.49. The fourth-order valence-corrected chi connectivity index (χ4v) is 3.70. The van der Waals surface area contributed by atoms with Crippen LogP contribution < -0.4 is 16.1 Å². The van der Waals surface area contributed by atoms with Gasteiger partial charge < -0.3 is 9.30 Å². The number of carbonyl (C=O) groups excluding carboxylic acids is 3. The molecule has 2 amide bonds. The van der Waals surface area contributed by atoms with Crippen LogP contribution in [0.4, 0.5) is 5.69 Å². The first-order valence-corrected chi connectivity index (χ1v) is 10.0. The maximum absolute atomic E-state index is 12.7. The molecule has 166 valence electrons. The number of hydrogen-bond donors (Lipinski definition) is 0. The van der Waals surface area contributed by atoms with Crippen LogP contribution in [0.1, 0.15) is 29.6 Å². The minimum atomic E-state index is -0.631. The predicted octanol–water partition coefficient (Wildman–Crippen LogP) is 0.334. The number of imide groups is 1. The SMILES string of the molecule is Cn1cnc2c1c(=O)n(CCCOC(=O)c1cccc(N3C(=O)CCC3=O)c1)c(=O)n2C. The lowest BCUT2D eigenvalue weighted by Gasteiger charge is -2.14. The third-order valence-electron chi connectivity index (χ3n) is 5.35. The molecule has 0 saturated carbocycles. The van der Waals surface area contributed by atoms with Gasteiger partial charge in [-0.3, -0.25) is 28.4 Å². The molecule has 0 aliphatic carbocycles. The molecule has 0 N–H and O–H groups in total. The topological polar surface area (TPSA) is 126 Å². The number of fused-ring (bicyclic) bond motifs is 1. The number of amides is 2. The summed E-state index contributed by atoms with van der Waals surface area (Å²) < 4.78 is 9.20. The van der Waals surface area contributed by atoms with Crippen molar-refractivity contribution in [2.75, 3.05) is 11.5 Å². The molecule has 32 heavy (non-hydrogen) atoms. The second kappa shape index (κ2) is 8.25. The van der Waals surface area contributed by atoms with Crippen molar-refractivity contribution in [2.24, 2.45) is 14.1 Å². The Morgan fingerprint density at radius 1 is 1.09 bits per heavy atom. The van der Waals surface area contributed by atoms with Gasteiger partial charge in [0.1, 0.15) is 0 Å². The molecular weight excluding hydrogens is 418 g/mol. The summed E-state index contributed by atoms with van der Waals surface area (Å²) in [5, 5.41) is 0. The minimum Gasteiger partial charge on any atom is -0.462 e. The number of nitrogens with zero attached hydrogens (tertiary/aromatic N) is 5. The predicted molar refractivity (Wildman–Crippen MR) is 113 cm³/mol. The van der Waals surface area contributed by atoms with Crippen LogP contribution in [0.2, 0.25) is 0 Å². The van der Waals surface area contributed by atoms with Crippen molar-refractivity contribution in [3.8, 4) is 0 Å². The fourth-order valence-electron chi connectivity index (χ4n) is 3.70. The van der Waals surface area contributed by atoms with E-state index in [-0.39, 0.29) is 49.8 Å². The van der Waals surface area contributed by atoms with Crippen LogP contribution in [-0.2, 0) is 35.0 Å². The van der Waals surface area contributed by atoms with Gasteiger partial charge in [0.2, 0.25) is 11.8 Å². The molecule has 3 aromatic rings. The summed E-state index contributed by atoms with van der Waals surface area (Å²) in [6.45, 7) is 0.0420. The minimum absolute atomic E-state index is 0.0242. The molecule has 11 nitrogen and oxygen atoms in total. The highest BCUT2D eigenvalue weighted by Crippen LogP contribution is 2.23. The Bertz CT molecular complexity index is 1350. The van der Waals surface area contributed by atoms with E-state index in [2.05, 4.69) is 4.98 Å². The lowest BCUT2D eigenvalue weighted by molar-refractivity contribution is -0.121. The van der Waals surface area contributed by atoms with E-state index in [0.29, 0.717) is 16.9 Å². The van der Waals surface area contributed by atoms with Crippen molar-refractivity contribution < 1.29 is 19.1 Å². The van der Waals surface area contributed by atoms with Gasteiger partial charge in [-0.1, -0.05) is 6.07 Å². The van der Waals surface area contributed by atoms with Gasteiger partial charge in [0.05, 0.1) is 24.2 Å². The Morgan fingerprint density at radius 2 is 1.81 bits per heavy atom. The molecule has 0 spiro atoms. The first kappa shape index (κ1) is 21.2. The monoisotopic (exact) mass is 439 g/mol. The zero-order chi connectivity index (χ0) is 23.0. The van der Waals surface area contributed by atoms with Crippen molar-refractivity contribution in [3.63, 3.8) is 0 Å². The summed E-state index contributed by atoms with van der Waals surface area (Å²) >= 11 is 0. The van der Waals surface area contributed by atoms with Crippen LogP contribution in [0.15, 0.2) is 40.2 Å². The van der Waals surface area contributed by atoms with Gasteiger partial charge in [-0.25, -0.2) is 14.6 Å². The van der Waals surface area contributed by atoms with Crippen molar-refractivity contribution in [3.05, 3.63) is 57.0 Å². The molecule has 0 atom stereocenters.